The van der Waals surface area contributed by atoms with Crippen molar-refractivity contribution in [3.05, 3.63) is 16.6 Å². The van der Waals surface area contributed by atoms with E-state index in [9.17, 15) is 4.79 Å². The molecule has 0 unspecified atom stereocenters. The monoisotopic (exact) mass is 211 g/mol. The van der Waals surface area contributed by atoms with E-state index in [-0.39, 0.29) is 11.8 Å². The Hall–Kier alpha value is -0.940. The highest BCUT2D eigenvalue weighted by molar-refractivity contribution is 7.07. The van der Waals surface area contributed by atoms with Gasteiger partial charge in [-0.2, -0.15) is 0 Å². The Kier molecular flexibility index (Phi) is 3.10. The van der Waals surface area contributed by atoms with Crippen LogP contribution >= 0.6 is 11.3 Å². The fraction of sp³-hybridized carbons (Fsp3) is 0.556. The minimum atomic E-state index is 0.166. The summed E-state index contributed by atoms with van der Waals surface area (Å²) in [4.78, 5) is 15.5. The molecule has 4 nitrogen and oxygen atoms in total. The van der Waals surface area contributed by atoms with Crippen LogP contribution in [0.15, 0.2) is 10.9 Å². The van der Waals surface area contributed by atoms with Crippen molar-refractivity contribution >= 4 is 17.2 Å². The number of amides is 1. The third-order valence-electron chi connectivity index (χ3n) is 2.32. The maximum absolute atomic E-state index is 11.4. The van der Waals surface area contributed by atoms with E-state index in [1.807, 2.05) is 10.9 Å². The molecule has 76 valence electrons. The zero-order valence-corrected chi connectivity index (χ0v) is 8.64. The highest BCUT2D eigenvalue weighted by Gasteiger charge is 2.23. The third kappa shape index (κ3) is 2.30. The fourth-order valence-corrected chi connectivity index (χ4v) is 1.89. The first-order chi connectivity index (χ1) is 6.86. The first kappa shape index (κ1) is 9.61. The number of hydrogen-bond donors (Lipinski definition) is 2. The minimum Gasteiger partial charge on any atom is -0.355 e. The molecule has 0 aromatic carbocycles. The van der Waals surface area contributed by atoms with Gasteiger partial charge in [-0.3, -0.25) is 4.79 Å². The van der Waals surface area contributed by atoms with E-state index in [0.717, 1.165) is 25.2 Å². The number of nitrogens with zero attached hydrogens (tertiary/aromatic N) is 1. The molecule has 0 radical (unpaired) electrons. The van der Waals surface area contributed by atoms with E-state index in [4.69, 9.17) is 0 Å². The highest BCUT2D eigenvalue weighted by Crippen LogP contribution is 2.03. The summed E-state index contributed by atoms with van der Waals surface area (Å²) in [6, 6.07) is 0. The number of carbonyl (C=O) groups is 1. The predicted molar refractivity (Wildman–Crippen MR) is 55.2 cm³/mol. The summed E-state index contributed by atoms with van der Waals surface area (Å²) >= 11 is 1.59. The lowest BCUT2D eigenvalue weighted by Gasteiger charge is -2.25. The lowest BCUT2D eigenvalue weighted by molar-refractivity contribution is -0.126. The van der Waals surface area contributed by atoms with Crippen LogP contribution in [0.25, 0.3) is 0 Å². The number of rotatable bonds is 4. The van der Waals surface area contributed by atoms with Gasteiger partial charge in [-0.15, -0.1) is 11.3 Å². The summed E-state index contributed by atoms with van der Waals surface area (Å²) in [5, 5.41) is 7.99. The minimum absolute atomic E-state index is 0.166. The second kappa shape index (κ2) is 4.52. The Morgan fingerprint density at radius 3 is 3.14 bits per heavy atom. The van der Waals surface area contributed by atoms with Crippen LogP contribution in [0.1, 0.15) is 5.69 Å². The first-order valence-corrected chi connectivity index (χ1v) is 5.66. The van der Waals surface area contributed by atoms with Crippen LogP contribution in [0.5, 0.6) is 0 Å². The summed E-state index contributed by atoms with van der Waals surface area (Å²) in [5.41, 5.74) is 2.87. The quantitative estimate of drug-likeness (QED) is 0.738. The Balaban J connectivity index is 1.65. The van der Waals surface area contributed by atoms with E-state index in [2.05, 4.69) is 15.6 Å². The van der Waals surface area contributed by atoms with E-state index in [1.54, 1.807) is 11.3 Å². The normalized spacial score (nSPS) is 16.3. The van der Waals surface area contributed by atoms with Crippen LogP contribution in [0, 0.1) is 5.92 Å². The SMILES string of the molecule is O=C(NCCc1cscn1)C1CNC1. The maximum Gasteiger partial charge on any atom is 0.225 e. The molecular weight excluding hydrogens is 198 g/mol. The van der Waals surface area contributed by atoms with Gasteiger partial charge in [0.15, 0.2) is 0 Å². The molecule has 2 N–H and O–H groups in total. The molecule has 0 saturated carbocycles. The zero-order chi connectivity index (χ0) is 9.80. The average molecular weight is 211 g/mol. The molecule has 1 fully saturated rings. The fourth-order valence-electron chi connectivity index (χ4n) is 1.29. The van der Waals surface area contributed by atoms with Crippen molar-refractivity contribution in [1.29, 1.82) is 0 Å². The van der Waals surface area contributed by atoms with Gasteiger partial charge in [0.2, 0.25) is 5.91 Å². The molecule has 1 aromatic heterocycles. The smallest absolute Gasteiger partial charge is 0.225 e. The molecule has 1 saturated heterocycles. The summed E-state index contributed by atoms with van der Waals surface area (Å²) in [6.45, 7) is 2.34. The summed E-state index contributed by atoms with van der Waals surface area (Å²) in [5.74, 6) is 0.351. The van der Waals surface area contributed by atoms with Crippen LogP contribution < -0.4 is 10.6 Å². The van der Waals surface area contributed by atoms with E-state index < -0.39 is 0 Å². The predicted octanol–water partition coefficient (Wildman–Crippen LogP) is 0.0212. The van der Waals surface area contributed by atoms with Gasteiger partial charge in [0.25, 0.3) is 0 Å². The van der Waals surface area contributed by atoms with Crippen molar-refractivity contribution in [2.75, 3.05) is 19.6 Å². The van der Waals surface area contributed by atoms with Gasteiger partial charge in [0, 0.05) is 31.4 Å². The van der Waals surface area contributed by atoms with E-state index in [0.29, 0.717) is 6.54 Å². The van der Waals surface area contributed by atoms with Gasteiger partial charge in [0.05, 0.1) is 17.1 Å². The molecule has 1 aromatic rings. The molecule has 5 heteroatoms. The molecule has 2 heterocycles. The Labute approximate surface area is 86.7 Å². The lowest BCUT2D eigenvalue weighted by Crippen LogP contribution is -2.51. The van der Waals surface area contributed by atoms with Crippen molar-refractivity contribution < 1.29 is 4.79 Å². The summed E-state index contributed by atoms with van der Waals surface area (Å²) < 4.78 is 0. The molecule has 0 bridgehead atoms. The summed E-state index contributed by atoms with van der Waals surface area (Å²) in [6.07, 6.45) is 0.829. The van der Waals surface area contributed by atoms with Crippen molar-refractivity contribution in [2.45, 2.75) is 6.42 Å². The maximum atomic E-state index is 11.4. The van der Waals surface area contributed by atoms with E-state index >= 15 is 0 Å². The largest absolute Gasteiger partial charge is 0.355 e. The van der Waals surface area contributed by atoms with Crippen LogP contribution in [0.3, 0.4) is 0 Å². The number of nitrogens with one attached hydrogen (secondary N) is 2. The van der Waals surface area contributed by atoms with Gasteiger partial charge in [-0.25, -0.2) is 4.98 Å². The Morgan fingerprint density at radius 1 is 1.71 bits per heavy atom. The molecule has 14 heavy (non-hydrogen) atoms. The molecule has 1 aliphatic heterocycles. The van der Waals surface area contributed by atoms with Crippen LogP contribution in [0.2, 0.25) is 0 Å². The van der Waals surface area contributed by atoms with E-state index in [1.165, 1.54) is 0 Å². The number of aromatic nitrogens is 1. The highest BCUT2D eigenvalue weighted by atomic mass is 32.1. The number of hydrogen-bond acceptors (Lipinski definition) is 4. The lowest BCUT2D eigenvalue weighted by atomic mass is 10.0. The van der Waals surface area contributed by atoms with Gasteiger partial charge in [-0.1, -0.05) is 0 Å². The van der Waals surface area contributed by atoms with Crippen molar-refractivity contribution in [1.82, 2.24) is 15.6 Å². The van der Waals surface area contributed by atoms with Gasteiger partial charge in [0.1, 0.15) is 0 Å². The molecule has 1 aliphatic rings. The van der Waals surface area contributed by atoms with Crippen molar-refractivity contribution in [3.63, 3.8) is 0 Å². The number of carbonyl (C=O) groups excluding carboxylic acids is 1. The standard InChI is InChI=1S/C9H13N3OS/c13-9(7-3-10-4-7)11-2-1-8-5-14-6-12-8/h5-7,10H,1-4H2,(H,11,13). The Bertz CT molecular complexity index is 295. The zero-order valence-electron chi connectivity index (χ0n) is 7.82. The molecular formula is C9H13N3OS. The average Bonchev–Trinajstić information content (AvgIpc) is 2.53. The molecule has 1 amide bonds. The molecule has 2 rings (SSSR count). The Morgan fingerprint density at radius 2 is 2.57 bits per heavy atom. The topological polar surface area (TPSA) is 54.0 Å². The molecule has 0 atom stereocenters. The second-order valence-corrected chi connectivity index (χ2v) is 4.09. The van der Waals surface area contributed by atoms with Gasteiger partial charge < -0.3 is 10.6 Å². The molecule has 0 aliphatic carbocycles. The molecule has 0 spiro atoms. The van der Waals surface area contributed by atoms with Gasteiger partial charge >= 0.3 is 0 Å². The third-order valence-corrected chi connectivity index (χ3v) is 2.95. The van der Waals surface area contributed by atoms with Crippen molar-refractivity contribution in [3.8, 4) is 0 Å². The van der Waals surface area contributed by atoms with Crippen LogP contribution in [0.4, 0.5) is 0 Å². The summed E-state index contributed by atoms with van der Waals surface area (Å²) in [7, 11) is 0. The van der Waals surface area contributed by atoms with Crippen molar-refractivity contribution in [2.24, 2.45) is 5.92 Å². The second-order valence-electron chi connectivity index (χ2n) is 3.38. The first-order valence-electron chi connectivity index (χ1n) is 4.72. The van der Waals surface area contributed by atoms with Crippen LogP contribution in [-0.4, -0.2) is 30.5 Å². The van der Waals surface area contributed by atoms with Crippen LogP contribution in [-0.2, 0) is 11.2 Å². The van der Waals surface area contributed by atoms with Gasteiger partial charge in [-0.05, 0) is 0 Å². The number of thiazole rings is 1.